The largest absolute Gasteiger partial charge is 0.377 e. The monoisotopic (exact) mass is 449 g/mol. The molecule has 0 saturated heterocycles. The van der Waals surface area contributed by atoms with E-state index in [1.54, 1.807) is 6.07 Å². The summed E-state index contributed by atoms with van der Waals surface area (Å²) in [5, 5.41) is 2.87. The number of carbonyl (C=O) groups excluding carboxylic acids is 1. The van der Waals surface area contributed by atoms with Crippen LogP contribution >= 0.6 is 0 Å². The van der Waals surface area contributed by atoms with E-state index in [9.17, 15) is 17.6 Å². The smallest absolute Gasteiger partial charge is 0.243 e. The summed E-state index contributed by atoms with van der Waals surface area (Å²) < 4.78 is 41.6. The zero-order chi connectivity index (χ0) is 23.3. The molecule has 0 radical (unpaired) electrons. The summed E-state index contributed by atoms with van der Waals surface area (Å²) in [5.41, 5.74) is 2.23. The van der Waals surface area contributed by atoms with Gasteiger partial charge in [-0.05, 0) is 61.4 Å². The highest BCUT2D eigenvalue weighted by Gasteiger charge is 2.29. The van der Waals surface area contributed by atoms with Crippen molar-refractivity contribution in [2.45, 2.75) is 51.6 Å². The van der Waals surface area contributed by atoms with Crippen molar-refractivity contribution in [2.75, 3.05) is 24.3 Å². The van der Waals surface area contributed by atoms with Crippen LogP contribution in [-0.4, -0.2) is 38.8 Å². The third kappa shape index (κ3) is 6.04. The van der Waals surface area contributed by atoms with E-state index >= 15 is 0 Å². The van der Waals surface area contributed by atoms with Crippen LogP contribution in [0.4, 0.5) is 15.8 Å². The van der Waals surface area contributed by atoms with Gasteiger partial charge >= 0.3 is 0 Å². The Kier molecular flexibility index (Phi) is 8.20. The van der Waals surface area contributed by atoms with E-state index in [1.807, 2.05) is 58.8 Å². The maximum absolute atomic E-state index is 13.4. The van der Waals surface area contributed by atoms with Gasteiger partial charge in [-0.3, -0.25) is 4.79 Å². The van der Waals surface area contributed by atoms with Gasteiger partial charge in [-0.15, -0.1) is 0 Å². The van der Waals surface area contributed by atoms with Gasteiger partial charge in [-0.1, -0.05) is 20.8 Å². The van der Waals surface area contributed by atoms with Crippen LogP contribution < -0.4 is 10.2 Å². The first-order valence-corrected chi connectivity index (χ1v) is 11.8. The molecule has 170 valence electrons. The zero-order valence-corrected chi connectivity index (χ0v) is 19.8. The average molecular weight is 450 g/mol. The summed E-state index contributed by atoms with van der Waals surface area (Å²) in [6.45, 7) is 7.51. The molecule has 0 aromatic heterocycles. The molecule has 1 N–H and O–H groups in total. The lowest BCUT2D eigenvalue weighted by molar-refractivity contribution is -0.118. The summed E-state index contributed by atoms with van der Waals surface area (Å²) in [6.07, 6.45) is 0.613. The molecule has 2 aromatic rings. The fraction of sp³-hybridized carbons (Fsp3) is 0.435. The number of nitrogens with one attached hydrogen (secondary N) is 1. The van der Waals surface area contributed by atoms with Gasteiger partial charge in [0.2, 0.25) is 15.9 Å². The second-order valence-corrected chi connectivity index (χ2v) is 10.0. The van der Waals surface area contributed by atoms with Gasteiger partial charge in [-0.25, -0.2) is 12.8 Å². The van der Waals surface area contributed by atoms with E-state index < -0.39 is 15.8 Å². The molecule has 0 aliphatic carbocycles. The molecule has 2 aromatic carbocycles. The van der Waals surface area contributed by atoms with Crippen molar-refractivity contribution in [3.8, 4) is 0 Å². The summed E-state index contributed by atoms with van der Waals surface area (Å²) in [7, 11) is -0.0939. The van der Waals surface area contributed by atoms with Gasteiger partial charge in [0.25, 0.3) is 0 Å². The normalized spacial score (nSPS) is 12.8. The predicted molar refractivity (Wildman–Crippen MR) is 123 cm³/mol. The Hall–Kier alpha value is -2.45. The lowest BCUT2D eigenvalue weighted by Gasteiger charge is -2.30. The molecule has 0 bridgehead atoms. The maximum Gasteiger partial charge on any atom is 0.243 e. The molecule has 0 spiro atoms. The first kappa shape index (κ1) is 24.8. The molecule has 31 heavy (non-hydrogen) atoms. The first-order valence-electron chi connectivity index (χ1n) is 10.4. The molecule has 0 saturated carbocycles. The first-order chi connectivity index (χ1) is 14.5. The van der Waals surface area contributed by atoms with Gasteiger partial charge in [0, 0.05) is 44.0 Å². The lowest BCUT2D eigenvalue weighted by Crippen LogP contribution is -2.38. The molecule has 0 heterocycles. The standard InChI is InChI=1S/C23H32FN3O3S/c1-7-17(4)27(31(29,30)21-11-8-19(24)9-12-21)15-18-14-20(25-23(28)16(2)3)10-13-22(18)26(5)6/h8-14,16-17H,7,15H2,1-6H3,(H,25,28)/t17-/m1/s1. The molecule has 1 atom stereocenters. The molecular weight excluding hydrogens is 417 g/mol. The van der Waals surface area contributed by atoms with Crippen molar-refractivity contribution in [1.82, 2.24) is 4.31 Å². The van der Waals surface area contributed by atoms with Crippen LogP contribution in [0.1, 0.15) is 39.7 Å². The highest BCUT2D eigenvalue weighted by Crippen LogP contribution is 2.29. The van der Waals surface area contributed by atoms with Crippen LogP contribution in [-0.2, 0) is 21.4 Å². The average Bonchev–Trinajstić information content (AvgIpc) is 2.71. The molecule has 2 rings (SSSR count). The Bertz CT molecular complexity index is 1010. The van der Waals surface area contributed by atoms with Crippen LogP contribution in [0.3, 0.4) is 0 Å². The van der Waals surface area contributed by atoms with Crippen molar-refractivity contribution in [2.24, 2.45) is 5.92 Å². The number of benzene rings is 2. The molecule has 0 aliphatic rings. The highest BCUT2D eigenvalue weighted by molar-refractivity contribution is 7.89. The van der Waals surface area contributed by atoms with Gasteiger partial charge in [0.15, 0.2) is 0 Å². The summed E-state index contributed by atoms with van der Waals surface area (Å²) in [5.74, 6) is -0.772. The lowest BCUT2D eigenvalue weighted by atomic mass is 10.1. The van der Waals surface area contributed by atoms with E-state index in [-0.39, 0.29) is 29.3 Å². The highest BCUT2D eigenvalue weighted by atomic mass is 32.2. The van der Waals surface area contributed by atoms with Gasteiger partial charge in [0.05, 0.1) is 4.90 Å². The summed E-state index contributed by atoms with van der Waals surface area (Å²) in [6, 6.07) is 10.1. The number of sulfonamides is 1. The van der Waals surface area contributed by atoms with Crippen LogP contribution in [0.25, 0.3) is 0 Å². The van der Waals surface area contributed by atoms with E-state index in [1.165, 1.54) is 16.4 Å². The van der Waals surface area contributed by atoms with E-state index in [2.05, 4.69) is 5.32 Å². The Balaban J connectivity index is 2.50. The Morgan fingerprint density at radius 3 is 2.19 bits per heavy atom. The molecule has 1 amide bonds. The molecule has 6 nitrogen and oxygen atoms in total. The minimum absolute atomic E-state index is 0.0462. The van der Waals surface area contributed by atoms with E-state index in [4.69, 9.17) is 0 Å². The third-order valence-corrected chi connectivity index (χ3v) is 7.16. The Labute approximate surface area is 185 Å². The van der Waals surface area contributed by atoms with E-state index in [0.29, 0.717) is 12.1 Å². The van der Waals surface area contributed by atoms with Crippen LogP contribution in [0.15, 0.2) is 47.4 Å². The van der Waals surface area contributed by atoms with E-state index in [0.717, 1.165) is 23.4 Å². The van der Waals surface area contributed by atoms with Gasteiger partial charge in [0.1, 0.15) is 5.82 Å². The third-order valence-electron chi connectivity index (χ3n) is 5.18. The number of anilines is 2. The second kappa shape index (κ2) is 10.2. The minimum Gasteiger partial charge on any atom is -0.377 e. The van der Waals surface area contributed by atoms with Gasteiger partial charge < -0.3 is 10.2 Å². The van der Waals surface area contributed by atoms with Crippen molar-refractivity contribution in [1.29, 1.82) is 0 Å². The molecule has 8 heteroatoms. The summed E-state index contributed by atoms with van der Waals surface area (Å²) in [4.78, 5) is 14.1. The maximum atomic E-state index is 13.4. The topological polar surface area (TPSA) is 69.7 Å². The predicted octanol–water partition coefficient (Wildman–Crippen LogP) is 4.48. The fourth-order valence-corrected chi connectivity index (χ4v) is 4.79. The molecule has 0 aliphatic heterocycles. The Morgan fingerprint density at radius 2 is 1.68 bits per heavy atom. The second-order valence-electron chi connectivity index (χ2n) is 8.14. The number of hydrogen-bond donors (Lipinski definition) is 1. The van der Waals surface area contributed by atoms with Crippen LogP contribution in [0.2, 0.25) is 0 Å². The molecule has 0 fully saturated rings. The number of halogens is 1. The number of hydrogen-bond acceptors (Lipinski definition) is 4. The Morgan fingerprint density at radius 1 is 1.06 bits per heavy atom. The van der Waals surface area contributed by atoms with Crippen molar-refractivity contribution in [3.63, 3.8) is 0 Å². The van der Waals surface area contributed by atoms with Gasteiger partial charge in [-0.2, -0.15) is 4.31 Å². The zero-order valence-electron chi connectivity index (χ0n) is 19.0. The molecule has 0 unspecified atom stereocenters. The minimum atomic E-state index is -3.86. The molecular formula is C23H32FN3O3S. The number of amides is 1. The quantitative estimate of drug-likeness (QED) is 0.613. The number of carbonyl (C=O) groups is 1. The summed E-state index contributed by atoms with van der Waals surface area (Å²) >= 11 is 0. The number of nitrogens with zero attached hydrogens (tertiary/aromatic N) is 2. The van der Waals surface area contributed by atoms with Crippen molar-refractivity contribution >= 4 is 27.3 Å². The van der Waals surface area contributed by atoms with Crippen LogP contribution in [0.5, 0.6) is 0 Å². The van der Waals surface area contributed by atoms with Crippen molar-refractivity contribution < 1.29 is 17.6 Å². The SMILES string of the molecule is CC[C@@H](C)N(Cc1cc(NC(=O)C(C)C)ccc1N(C)C)S(=O)(=O)c1ccc(F)cc1. The van der Waals surface area contributed by atoms with Crippen molar-refractivity contribution in [3.05, 3.63) is 53.8 Å². The fourth-order valence-electron chi connectivity index (χ4n) is 3.10. The number of rotatable bonds is 9. The van der Waals surface area contributed by atoms with Crippen LogP contribution in [0, 0.1) is 11.7 Å².